The van der Waals surface area contributed by atoms with E-state index in [2.05, 4.69) is 10.3 Å². The highest BCUT2D eigenvalue weighted by molar-refractivity contribution is 6.06. The van der Waals surface area contributed by atoms with E-state index in [0.717, 1.165) is 32.1 Å². The fourth-order valence-corrected chi connectivity index (χ4v) is 3.80. The van der Waals surface area contributed by atoms with Gasteiger partial charge in [-0.3, -0.25) is 9.69 Å². The predicted octanol–water partition coefficient (Wildman–Crippen LogP) is 1.78. The minimum atomic E-state index is -0.595. The van der Waals surface area contributed by atoms with Gasteiger partial charge in [-0.15, -0.1) is 0 Å². The number of nitrogens with zero attached hydrogens (tertiary/aromatic N) is 3. The predicted molar refractivity (Wildman–Crippen MR) is 110 cm³/mol. The Hall–Kier alpha value is -2.81. The Morgan fingerprint density at radius 1 is 1.25 bits per heavy atom. The molecule has 9 heteroatoms. The first-order valence-electron chi connectivity index (χ1n) is 9.48. The van der Waals surface area contributed by atoms with Crippen LogP contribution in [0.2, 0.25) is 0 Å². The minimum absolute atomic E-state index is 0.158. The highest BCUT2D eigenvalue weighted by Crippen LogP contribution is 2.43. The zero-order chi connectivity index (χ0) is 20.1. The van der Waals surface area contributed by atoms with Crippen LogP contribution in [0.1, 0.15) is 39.0 Å². The number of aliphatic imine (C=N–C) groups is 2. The lowest BCUT2D eigenvalue weighted by atomic mass is 9.87. The van der Waals surface area contributed by atoms with Gasteiger partial charge in [0.1, 0.15) is 18.0 Å². The molecule has 1 aliphatic heterocycles. The Bertz CT molecular complexity index is 786. The van der Waals surface area contributed by atoms with Gasteiger partial charge in [-0.1, -0.05) is 6.42 Å². The fourth-order valence-electron chi connectivity index (χ4n) is 3.80. The molecule has 0 aromatic heterocycles. The van der Waals surface area contributed by atoms with Crippen LogP contribution in [0.25, 0.3) is 0 Å². The molecule has 9 nitrogen and oxygen atoms in total. The molecule has 1 fully saturated rings. The Balaban J connectivity index is 2.06. The molecule has 152 valence electrons. The average Bonchev–Trinajstić information content (AvgIpc) is 2.63. The molecule has 1 spiro atoms. The number of carbonyl (C=O) groups excluding carboxylic acids is 1. The van der Waals surface area contributed by atoms with Crippen LogP contribution in [0, 0.1) is 0 Å². The largest absolute Gasteiger partial charge is 0.489 e. The van der Waals surface area contributed by atoms with Crippen molar-refractivity contribution in [3.63, 3.8) is 0 Å². The second-order valence-corrected chi connectivity index (χ2v) is 7.02. The SMILES string of the molecule is COCCOc1ccc(NC(C)=O)cc1N1C(N)=NC(N)=NC12CCCCC2. The quantitative estimate of drug-likeness (QED) is 0.637. The van der Waals surface area contributed by atoms with Crippen LogP contribution in [0.3, 0.4) is 0 Å². The summed E-state index contributed by atoms with van der Waals surface area (Å²) in [6.45, 7) is 2.30. The molecule has 1 aromatic rings. The van der Waals surface area contributed by atoms with Crippen LogP contribution in [0.5, 0.6) is 5.75 Å². The summed E-state index contributed by atoms with van der Waals surface area (Å²) < 4.78 is 11.0. The lowest BCUT2D eigenvalue weighted by Gasteiger charge is -2.46. The zero-order valence-corrected chi connectivity index (χ0v) is 16.4. The van der Waals surface area contributed by atoms with Crippen molar-refractivity contribution in [2.75, 3.05) is 30.5 Å². The van der Waals surface area contributed by atoms with E-state index in [1.54, 1.807) is 13.2 Å². The van der Waals surface area contributed by atoms with E-state index in [9.17, 15) is 4.79 Å². The fraction of sp³-hybridized carbons (Fsp3) is 0.526. The summed E-state index contributed by atoms with van der Waals surface area (Å²) in [5.74, 6) is 0.917. The van der Waals surface area contributed by atoms with Crippen molar-refractivity contribution >= 4 is 29.2 Å². The van der Waals surface area contributed by atoms with Crippen LogP contribution < -0.4 is 26.4 Å². The molecule has 0 saturated heterocycles. The number of anilines is 2. The van der Waals surface area contributed by atoms with Gasteiger partial charge in [0.15, 0.2) is 0 Å². The summed E-state index contributed by atoms with van der Waals surface area (Å²) in [7, 11) is 1.62. The summed E-state index contributed by atoms with van der Waals surface area (Å²) in [6, 6.07) is 5.43. The maximum Gasteiger partial charge on any atom is 0.221 e. The molecule has 2 aliphatic rings. The van der Waals surface area contributed by atoms with Crippen molar-refractivity contribution in [3.8, 4) is 5.75 Å². The van der Waals surface area contributed by atoms with Crippen molar-refractivity contribution in [2.24, 2.45) is 21.5 Å². The Kier molecular flexibility index (Phi) is 6.03. The lowest BCUT2D eigenvalue weighted by Crippen LogP contribution is -2.58. The molecule has 1 amide bonds. The summed E-state index contributed by atoms with van der Waals surface area (Å²) in [5, 5.41) is 2.81. The number of hydrogen-bond acceptors (Lipinski definition) is 8. The van der Waals surface area contributed by atoms with Crippen molar-refractivity contribution in [1.82, 2.24) is 0 Å². The highest BCUT2D eigenvalue weighted by atomic mass is 16.5. The third-order valence-corrected chi connectivity index (χ3v) is 4.92. The number of hydrogen-bond donors (Lipinski definition) is 3. The normalized spacial score (nSPS) is 18.4. The van der Waals surface area contributed by atoms with Crippen molar-refractivity contribution in [2.45, 2.75) is 44.7 Å². The number of methoxy groups -OCH3 is 1. The summed E-state index contributed by atoms with van der Waals surface area (Å²) in [6.07, 6.45) is 4.81. The van der Waals surface area contributed by atoms with Crippen LogP contribution in [0.4, 0.5) is 11.4 Å². The van der Waals surface area contributed by atoms with E-state index in [4.69, 9.17) is 25.9 Å². The summed E-state index contributed by atoms with van der Waals surface area (Å²) in [4.78, 5) is 22.3. The van der Waals surface area contributed by atoms with E-state index in [1.807, 2.05) is 17.0 Å². The number of guanidine groups is 2. The Labute approximate surface area is 164 Å². The number of nitrogens with two attached hydrogens (primary N) is 2. The average molecular weight is 388 g/mol. The van der Waals surface area contributed by atoms with E-state index in [1.165, 1.54) is 6.92 Å². The first kappa shape index (κ1) is 19.9. The van der Waals surface area contributed by atoms with E-state index < -0.39 is 5.66 Å². The molecule has 3 rings (SSSR count). The van der Waals surface area contributed by atoms with Gasteiger partial charge >= 0.3 is 0 Å². The first-order valence-corrected chi connectivity index (χ1v) is 9.48. The van der Waals surface area contributed by atoms with Gasteiger partial charge in [0.05, 0.1) is 12.3 Å². The standard InChI is InChI=1S/C19H28N6O3/c1-13(26)22-14-6-7-16(28-11-10-27-2)15(12-14)25-18(21)23-17(20)24-19(25)8-4-3-5-9-19/h6-7,12H,3-5,8-11H2,1-2H3,(H,22,26)(H4,20,21,23,24). The van der Waals surface area contributed by atoms with Gasteiger partial charge in [0, 0.05) is 19.7 Å². The molecule has 0 bridgehead atoms. The molecule has 1 aromatic carbocycles. The molecule has 5 N–H and O–H groups in total. The summed E-state index contributed by atoms with van der Waals surface area (Å²) in [5.41, 5.74) is 13.0. The van der Waals surface area contributed by atoms with Crippen LogP contribution in [-0.2, 0) is 9.53 Å². The number of carbonyl (C=O) groups is 1. The van der Waals surface area contributed by atoms with Crippen LogP contribution in [0.15, 0.2) is 28.2 Å². The zero-order valence-electron chi connectivity index (χ0n) is 16.4. The minimum Gasteiger partial charge on any atom is -0.489 e. The molecule has 28 heavy (non-hydrogen) atoms. The first-order chi connectivity index (χ1) is 13.4. The smallest absolute Gasteiger partial charge is 0.221 e. The maximum absolute atomic E-state index is 11.5. The van der Waals surface area contributed by atoms with Gasteiger partial charge in [0.2, 0.25) is 17.8 Å². The third-order valence-electron chi connectivity index (χ3n) is 4.92. The van der Waals surface area contributed by atoms with Crippen molar-refractivity contribution < 1.29 is 14.3 Å². The van der Waals surface area contributed by atoms with Gasteiger partial charge in [-0.25, -0.2) is 4.99 Å². The van der Waals surface area contributed by atoms with Gasteiger partial charge in [-0.2, -0.15) is 4.99 Å². The van der Waals surface area contributed by atoms with Crippen molar-refractivity contribution in [3.05, 3.63) is 18.2 Å². The lowest BCUT2D eigenvalue weighted by molar-refractivity contribution is -0.114. The van der Waals surface area contributed by atoms with E-state index in [0.29, 0.717) is 30.3 Å². The van der Waals surface area contributed by atoms with Gasteiger partial charge in [-0.05, 0) is 43.9 Å². The molecular formula is C19H28N6O3. The van der Waals surface area contributed by atoms with Crippen molar-refractivity contribution in [1.29, 1.82) is 0 Å². The molecule has 1 heterocycles. The topological polar surface area (TPSA) is 128 Å². The maximum atomic E-state index is 11.5. The number of benzene rings is 1. The number of amides is 1. The monoisotopic (exact) mass is 388 g/mol. The second kappa shape index (κ2) is 8.47. The molecule has 0 atom stereocenters. The molecule has 0 radical (unpaired) electrons. The summed E-state index contributed by atoms with van der Waals surface area (Å²) >= 11 is 0. The van der Waals surface area contributed by atoms with Crippen LogP contribution >= 0.6 is 0 Å². The van der Waals surface area contributed by atoms with E-state index in [-0.39, 0.29) is 17.8 Å². The van der Waals surface area contributed by atoms with Gasteiger partial charge in [0.25, 0.3) is 0 Å². The Morgan fingerprint density at radius 2 is 2.00 bits per heavy atom. The molecule has 1 saturated carbocycles. The van der Waals surface area contributed by atoms with E-state index >= 15 is 0 Å². The van der Waals surface area contributed by atoms with Gasteiger partial charge < -0.3 is 26.3 Å². The third kappa shape index (κ3) is 4.19. The molecule has 1 aliphatic carbocycles. The Morgan fingerprint density at radius 3 is 2.68 bits per heavy atom. The highest BCUT2D eigenvalue weighted by Gasteiger charge is 2.43. The second-order valence-electron chi connectivity index (χ2n) is 7.02. The van der Waals surface area contributed by atoms with Crippen LogP contribution in [-0.4, -0.2) is 43.8 Å². The number of nitrogens with one attached hydrogen (secondary N) is 1. The number of ether oxygens (including phenoxy) is 2. The molecular weight excluding hydrogens is 360 g/mol. The molecule has 0 unspecified atom stereocenters. The number of rotatable bonds is 6.